The minimum Gasteiger partial charge on any atom is -0.490 e. The number of likely N-dealkylation sites (tertiary alicyclic amines) is 1. The van der Waals surface area contributed by atoms with Crippen molar-refractivity contribution in [2.75, 3.05) is 26.3 Å². The second kappa shape index (κ2) is 8.04. The molecule has 8 nitrogen and oxygen atoms in total. The zero-order valence-electron chi connectivity index (χ0n) is 18.9. The summed E-state index contributed by atoms with van der Waals surface area (Å²) in [6.45, 7) is 1.56. The van der Waals surface area contributed by atoms with E-state index in [1.807, 2.05) is 42.5 Å². The monoisotopic (exact) mass is 461 g/mol. The molecule has 8 heteroatoms. The maximum Gasteiger partial charge on any atom is 0.325 e. The summed E-state index contributed by atoms with van der Waals surface area (Å²) in [4.78, 5) is 42.5. The SMILES string of the molecule is O=C1N[C@]2(CCc3ccccc32)C(=O)N1CC(=O)N1CCC[C@H]1c1ccc2c(c1)OCCCO2. The van der Waals surface area contributed by atoms with Gasteiger partial charge in [0.2, 0.25) is 5.91 Å². The molecule has 6 rings (SSSR count). The van der Waals surface area contributed by atoms with Crippen molar-refractivity contribution in [3.63, 3.8) is 0 Å². The van der Waals surface area contributed by atoms with Crippen molar-refractivity contribution in [1.82, 2.24) is 15.1 Å². The highest BCUT2D eigenvalue weighted by Crippen LogP contribution is 2.42. The summed E-state index contributed by atoms with van der Waals surface area (Å²) in [6.07, 6.45) is 3.76. The Hall–Kier alpha value is -3.55. The highest BCUT2D eigenvalue weighted by molar-refractivity contribution is 6.10. The van der Waals surface area contributed by atoms with Crippen LogP contribution in [-0.4, -0.2) is 53.9 Å². The van der Waals surface area contributed by atoms with Crippen LogP contribution in [0.25, 0.3) is 0 Å². The lowest BCUT2D eigenvalue weighted by Gasteiger charge is -2.27. The molecule has 2 aromatic rings. The number of carbonyl (C=O) groups is 3. The number of amides is 4. The number of urea groups is 1. The summed E-state index contributed by atoms with van der Waals surface area (Å²) in [5.41, 5.74) is 1.84. The van der Waals surface area contributed by atoms with E-state index in [2.05, 4.69) is 5.32 Å². The predicted molar refractivity (Wildman–Crippen MR) is 122 cm³/mol. The van der Waals surface area contributed by atoms with Crippen LogP contribution in [0.4, 0.5) is 4.79 Å². The number of carbonyl (C=O) groups excluding carboxylic acids is 3. The topological polar surface area (TPSA) is 88.2 Å². The van der Waals surface area contributed by atoms with E-state index in [0.29, 0.717) is 31.9 Å². The van der Waals surface area contributed by atoms with Crippen LogP contribution in [-0.2, 0) is 21.5 Å². The van der Waals surface area contributed by atoms with Gasteiger partial charge in [-0.1, -0.05) is 30.3 Å². The van der Waals surface area contributed by atoms with Gasteiger partial charge in [-0.2, -0.15) is 0 Å². The molecule has 4 amide bonds. The molecule has 2 aromatic carbocycles. The molecule has 0 aromatic heterocycles. The van der Waals surface area contributed by atoms with E-state index in [9.17, 15) is 14.4 Å². The van der Waals surface area contributed by atoms with Gasteiger partial charge >= 0.3 is 6.03 Å². The van der Waals surface area contributed by atoms with Crippen LogP contribution in [0.15, 0.2) is 42.5 Å². The molecule has 3 heterocycles. The zero-order valence-corrected chi connectivity index (χ0v) is 18.9. The molecular formula is C26H27N3O5. The Morgan fingerprint density at radius 2 is 1.88 bits per heavy atom. The second-order valence-electron chi connectivity index (χ2n) is 9.39. The number of hydrogen-bond acceptors (Lipinski definition) is 5. The van der Waals surface area contributed by atoms with Gasteiger partial charge < -0.3 is 19.7 Å². The van der Waals surface area contributed by atoms with Crippen molar-refractivity contribution in [2.24, 2.45) is 0 Å². The predicted octanol–water partition coefficient (Wildman–Crippen LogP) is 2.90. The van der Waals surface area contributed by atoms with Crippen LogP contribution in [0.3, 0.4) is 0 Å². The van der Waals surface area contributed by atoms with Gasteiger partial charge in [0, 0.05) is 13.0 Å². The molecule has 3 aliphatic heterocycles. The van der Waals surface area contributed by atoms with Gasteiger partial charge in [-0.05, 0) is 54.5 Å². The number of aryl methyl sites for hydroxylation is 1. The first kappa shape index (κ1) is 21.0. The van der Waals surface area contributed by atoms with E-state index in [1.165, 1.54) is 0 Å². The molecular weight excluding hydrogens is 434 g/mol. The maximum absolute atomic E-state index is 13.4. The van der Waals surface area contributed by atoms with E-state index < -0.39 is 11.6 Å². The van der Waals surface area contributed by atoms with Crippen LogP contribution in [0.1, 0.15) is 48.4 Å². The fourth-order valence-corrected chi connectivity index (χ4v) is 5.76. The summed E-state index contributed by atoms with van der Waals surface area (Å²) in [5, 5.41) is 2.90. The number of fused-ring (bicyclic) bond motifs is 3. The average Bonchev–Trinajstić information content (AvgIpc) is 3.48. The normalized spacial score (nSPS) is 25.5. The number of ether oxygens (including phenoxy) is 2. The number of nitrogens with zero attached hydrogens (tertiary/aromatic N) is 2. The van der Waals surface area contributed by atoms with Gasteiger partial charge in [-0.25, -0.2) is 4.79 Å². The summed E-state index contributed by atoms with van der Waals surface area (Å²) in [6, 6.07) is 12.9. The first-order valence-electron chi connectivity index (χ1n) is 12.0. The van der Waals surface area contributed by atoms with Gasteiger partial charge in [0.15, 0.2) is 11.5 Å². The average molecular weight is 462 g/mol. The first-order valence-corrected chi connectivity index (χ1v) is 12.0. The van der Waals surface area contributed by atoms with Crippen LogP contribution >= 0.6 is 0 Å². The van der Waals surface area contributed by atoms with Crippen molar-refractivity contribution in [3.05, 3.63) is 59.2 Å². The standard InChI is InChI=1S/C26H27N3O5/c30-23(16-29-24(31)26(27-25(29)32)11-10-17-5-1-2-6-19(17)26)28-12-3-7-20(28)18-8-9-21-22(15-18)34-14-4-13-33-21/h1-2,5-6,8-9,15,20H,3-4,7,10-14,16H2,(H,27,32)/t20-,26-/m0/s1. The van der Waals surface area contributed by atoms with E-state index in [0.717, 1.165) is 53.0 Å². The Labute approximate surface area is 197 Å². The van der Waals surface area contributed by atoms with Crippen LogP contribution in [0, 0.1) is 0 Å². The molecule has 0 saturated carbocycles. The van der Waals surface area contributed by atoms with E-state index >= 15 is 0 Å². The molecule has 0 bridgehead atoms. The van der Waals surface area contributed by atoms with Crippen LogP contribution in [0.5, 0.6) is 11.5 Å². The lowest BCUT2D eigenvalue weighted by molar-refractivity contribution is -0.139. The van der Waals surface area contributed by atoms with Crippen molar-refractivity contribution in [2.45, 2.75) is 43.7 Å². The number of benzene rings is 2. The Morgan fingerprint density at radius 3 is 2.76 bits per heavy atom. The Kier molecular flexibility index (Phi) is 4.97. The number of imide groups is 1. The lowest BCUT2D eigenvalue weighted by atomic mass is 9.92. The molecule has 0 unspecified atom stereocenters. The molecule has 4 aliphatic rings. The zero-order chi connectivity index (χ0) is 23.3. The van der Waals surface area contributed by atoms with E-state index in [1.54, 1.807) is 4.90 Å². The number of rotatable bonds is 3. The van der Waals surface area contributed by atoms with Gasteiger partial charge in [0.1, 0.15) is 12.1 Å². The molecule has 0 radical (unpaired) electrons. The van der Waals surface area contributed by atoms with E-state index in [-0.39, 0.29) is 24.4 Å². The molecule has 1 aliphatic carbocycles. The summed E-state index contributed by atoms with van der Waals surface area (Å²) in [7, 11) is 0. The first-order chi connectivity index (χ1) is 16.6. The van der Waals surface area contributed by atoms with E-state index in [4.69, 9.17) is 9.47 Å². The minimum absolute atomic E-state index is 0.119. The largest absolute Gasteiger partial charge is 0.490 e. The van der Waals surface area contributed by atoms with Crippen molar-refractivity contribution in [3.8, 4) is 11.5 Å². The van der Waals surface area contributed by atoms with Crippen molar-refractivity contribution >= 4 is 17.8 Å². The Balaban J connectivity index is 1.21. The summed E-state index contributed by atoms with van der Waals surface area (Å²) < 4.78 is 11.6. The van der Waals surface area contributed by atoms with Crippen molar-refractivity contribution < 1.29 is 23.9 Å². The number of hydrogen-bond donors (Lipinski definition) is 1. The van der Waals surface area contributed by atoms with Gasteiger partial charge in [0.05, 0.1) is 19.3 Å². The highest BCUT2D eigenvalue weighted by Gasteiger charge is 2.55. The Morgan fingerprint density at radius 1 is 1.06 bits per heavy atom. The fourth-order valence-electron chi connectivity index (χ4n) is 5.76. The minimum atomic E-state index is -1.05. The highest BCUT2D eigenvalue weighted by atomic mass is 16.5. The third kappa shape index (κ3) is 3.23. The van der Waals surface area contributed by atoms with Gasteiger partial charge in [0.25, 0.3) is 5.91 Å². The van der Waals surface area contributed by atoms with Gasteiger partial charge in [-0.3, -0.25) is 14.5 Å². The molecule has 176 valence electrons. The summed E-state index contributed by atoms with van der Waals surface area (Å²) in [5.74, 6) is 0.868. The van der Waals surface area contributed by atoms with Gasteiger partial charge in [-0.15, -0.1) is 0 Å². The Bertz CT molecular complexity index is 1180. The quantitative estimate of drug-likeness (QED) is 0.711. The smallest absolute Gasteiger partial charge is 0.325 e. The molecule has 1 spiro atoms. The third-order valence-electron chi connectivity index (χ3n) is 7.45. The summed E-state index contributed by atoms with van der Waals surface area (Å²) >= 11 is 0. The fraction of sp³-hybridized carbons (Fsp3) is 0.423. The molecule has 2 fully saturated rings. The number of nitrogens with one attached hydrogen (secondary N) is 1. The molecule has 2 atom stereocenters. The van der Waals surface area contributed by atoms with Crippen molar-refractivity contribution in [1.29, 1.82) is 0 Å². The second-order valence-corrected chi connectivity index (χ2v) is 9.39. The molecule has 1 N–H and O–H groups in total. The lowest BCUT2D eigenvalue weighted by Crippen LogP contribution is -2.44. The van der Waals surface area contributed by atoms with Crippen LogP contribution in [0.2, 0.25) is 0 Å². The maximum atomic E-state index is 13.4. The third-order valence-corrected chi connectivity index (χ3v) is 7.45. The molecule has 34 heavy (non-hydrogen) atoms. The van der Waals surface area contributed by atoms with Crippen LogP contribution < -0.4 is 14.8 Å². The molecule has 2 saturated heterocycles.